The number of rotatable bonds is 8. The van der Waals surface area contributed by atoms with E-state index in [1.54, 1.807) is 0 Å². The van der Waals surface area contributed by atoms with Crippen LogP contribution in [0.2, 0.25) is 5.02 Å². The van der Waals surface area contributed by atoms with E-state index >= 15 is 0 Å². The molecule has 3 rings (SSSR count). The molecule has 6 nitrogen and oxygen atoms in total. The first-order valence-electron chi connectivity index (χ1n) is 11.5. The second-order valence-corrected chi connectivity index (χ2v) is 9.81. The summed E-state index contributed by atoms with van der Waals surface area (Å²) in [6.07, 6.45) is 1.54. The molecule has 0 radical (unpaired) electrons. The zero-order chi connectivity index (χ0) is 23.8. The minimum Gasteiger partial charge on any atom is -0.445 e. The lowest BCUT2D eigenvalue weighted by atomic mass is 9.70. The molecule has 0 saturated carbocycles. The molecule has 1 fully saturated rings. The normalized spacial score (nSPS) is 17.9. The number of amides is 2. The Bertz CT molecular complexity index is 923. The maximum atomic E-state index is 12.9. The Hall–Kier alpha value is -2.28. The van der Waals surface area contributed by atoms with Gasteiger partial charge < -0.3 is 20.7 Å². The topological polar surface area (TPSA) is 84.7 Å². The Morgan fingerprint density at radius 3 is 2.50 bits per heavy atom. The predicted octanol–water partition coefficient (Wildman–Crippen LogP) is 5.14. The minimum absolute atomic E-state index is 0. The molecular formula is C26H35Cl2N3O3. The number of nitrogens with two attached hydrogens (primary N) is 1. The number of carbonyl (C=O) groups is 2. The molecule has 1 aliphatic rings. The highest BCUT2D eigenvalue weighted by Crippen LogP contribution is 2.42. The summed E-state index contributed by atoms with van der Waals surface area (Å²) in [7, 11) is 0. The smallest absolute Gasteiger partial charge is 0.407 e. The second-order valence-electron chi connectivity index (χ2n) is 9.38. The van der Waals surface area contributed by atoms with Gasteiger partial charge in [0.25, 0.3) is 0 Å². The van der Waals surface area contributed by atoms with Gasteiger partial charge in [-0.1, -0.05) is 67.9 Å². The maximum Gasteiger partial charge on any atom is 0.407 e. The van der Waals surface area contributed by atoms with E-state index in [4.69, 9.17) is 22.1 Å². The third-order valence-electron chi connectivity index (χ3n) is 6.30. The van der Waals surface area contributed by atoms with Crippen LogP contribution in [0.1, 0.15) is 50.2 Å². The van der Waals surface area contributed by atoms with Gasteiger partial charge in [-0.2, -0.15) is 0 Å². The van der Waals surface area contributed by atoms with Crippen LogP contribution in [0.15, 0.2) is 54.6 Å². The molecule has 2 aromatic carbocycles. The Morgan fingerprint density at radius 2 is 1.85 bits per heavy atom. The fourth-order valence-electron chi connectivity index (χ4n) is 4.50. The van der Waals surface area contributed by atoms with Crippen molar-refractivity contribution < 1.29 is 14.3 Å². The van der Waals surface area contributed by atoms with Gasteiger partial charge in [0.1, 0.15) is 6.61 Å². The van der Waals surface area contributed by atoms with Crippen molar-refractivity contribution in [3.8, 4) is 0 Å². The van der Waals surface area contributed by atoms with Crippen LogP contribution >= 0.6 is 24.0 Å². The number of carbonyl (C=O) groups excluding carboxylic acids is 2. The summed E-state index contributed by atoms with van der Waals surface area (Å²) in [5.41, 5.74) is 8.33. The zero-order valence-electron chi connectivity index (χ0n) is 19.8. The molecule has 0 aliphatic carbocycles. The molecule has 34 heavy (non-hydrogen) atoms. The Morgan fingerprint density at radius 1 is 1.18 bits per heavy atom. The van der Waals surface area contributed by atoms with Gasteiger partial charge in [0, 0.05) is 24.7 Å². The summed E-state index contributed by atoms with van der Waals surface area (Å²) < 4.78 is 5.19. The molecule has 2 amide bonds. The van der Waals surface area contributed by atoms with E-state index in [0.29, 0.717) is 38.4 Å². The molecular weight excluding hydrogens is 473 g/mol. The average Bonchev–Trinajstić information content (AvgIpc) is 2.80. The third-order valence-corrected chi connectivity index (χ3v) is 6.56. The Kier molecular flexibility index (Phi) is 10.7. The summed E-state index contributed by atoms with van der Waals surface area (Å²) >= 11 is 6.03. The van der Waals surface area contributed by atoms with Gasteiger partial charge in [-0.25, -0.2) is 4.79 Å². The molecule has 1 aliphatic heterocycles. The molecule has 0 bridgehead atoms. The van der Waals surface area contributed by atoms with Gasteiger partial charge in [-0.3, -0.25) is 4.79 Å². The highest BCUT2D eigenvalue weighted by Gasteiger charge is 2.39. The summed E-state index contributed by atoms with van der Waals surface area (Å²) in [6, 6.07) is 16.9. The van der Waals surface area contributed by atoms with Crippen molar-refractivity contribution >= 4 is 36.0 Å². The summed E-state index contributed by atoms with van der Waals surface area (Å²) in [4.78, 5) is 26.7. The number of ether oxygens (including phenoxy) is 1. The average molecular weight is 508 g/mol. The summed E-state index contributed by atoms with van der Waals surface area (Å²) in [5, 5.41) is 3.45. The van der Waals surface area contributed by atoms with Crippen molar-refractivity contribution in [3.63, 3.8) is 0 Å². The van der Waals surface area contributed by atoms with Crippen molar-refractivity contribution in [2.75, 3.05) is 19.6 Å². The molecule has 3 N–H and O–H groups in total. The SMILES string of the molecule is CC1(C)CN(C(=O)[C@H](N)CCCNC(=O)OCc2ccccc2)CCC1c1ccc(Cl)cc1.Cl. The van der Waals surface area contributed by atoms with Crippen molar-refractivity contribution in [1.82, 2.24) is 10.2 Å². The van der Waals surface area contributed by atoms with Gasteiger partial charge >= 0.3 is 6.09 Å². The lowest BCUT2D eigenvalue weighted by molar-refractivity contribution is -0.136. The van der Waals surface area contributed by atoms with Crippen LogP contribution in [0.5, 0.6) is 0 Å². The van der Waals surface area contributed by atoms with Crippen molar-refractivity contribution in [2.24, 2.45) is 11.1 Å². The number of likely N-dealkylation sites (tertiary alicyclic amines) is 1. The second kappa shape index (κ2) is 13.0. The standard InChI is InChI=1S/C26H34ClN3O3.ClH/c1-26(2)18-30(16-14-22(26)20-10-12-21(27)13-11-20)24(31)23(28)9-6-15-29-25(32)33-17-19-7-4-3-5-8-19;/h3-5,7-8,10-13,22-23H,6,9,14-18,28H2,1-2H3,(H,29,32);1H/t22?,23-;/m1./s1. The lowest BCUT2D eigenvalue weighted by Crippen LogP contribution is -2.52. The van der Waals surface area contributed by atoms with E-state index in [2.05, 4.69) is 31.3 Å². The number of nitrogens with one attached hydrogen (secondary N) is 1. The van der Waals surface area contributed by atoms with Crippen LogP contribution in [-0.2, 0) is 16.1 Å². The number of nitrogens with zero attached hydrogens (tertiary/aromatic N) is 1. The van der Waals surface area contributed by atoms with Crippen molar-refractivity contribution in [1.29, 1.82) is 0 Å². The maximum absolute atomic E-state index is 12.9. The summed E-state index contributed by atoms with van der Waals surface area (Å²) in [6.45, 7) is 6.39. The van der Waals surface area contributed by atoms with Gasteiger partial charge in [-0.15, -0.1) is 12.4 Å². The fraction of sp³-hybridized carbons (Fsp3) is 0.462. The molecule has 1 unspecified atom stereocenters. The zero-order valence-corrected chi connectivity index (χ0v) is 21.4. The Balaban J connectivity index is 0.00000408. The van der Waals surface area contributed by atoms with E-state index in [1.165, 1.54) is 5.56 Å². The van der Waals surface area contributed by atoms with Gasteiger partial charge in [0.05, 0.1) is 6.04 Å². The monoisotopic (exact) mass is 507 g/mol. The van der Waals surface area contributed by atoms with E-state index < -0.39 is 12.1 Å². The molecule has 8 heteroatoms. The van der Waals surface area contributed by atoms with Gasteiger partial charge in [0.15, 0.2) is 0 Å². The first-order valence-corrected chi connectivity index (χ1v) is 11.9. The van der Waals surface area contributed by atoms with Crippen LogP contribution in [0.4, 0.5) is 4.79 Å². The van der Waals surface area contributed by atoms with Gasteiger partial charge in [-0.05, 0) is 53.9 Å². The molecule has 186 valence electrons. The largest absolute Gasteiger partial charge is 0.445 e. The molecule has 2 aromatic rings. The first-order chi connectivity index (χ1) is 15.8. The van der Waals surface area contributed by atoms with E-state index in [-0.39, 0.29) is 30.3 Å². The molecule has 0 aromatic heterocycles. The van der Waals surface area contributed by atoms with Crippen LogP contribution in [0.25, 0.3) is 0 Å². The highest BCUT2D eigenvalue weighted by atomic mass is 35.5. The van der Waals surface area contributed by atoms with Crippen molar-refractivity contribution in [3.05, 3.63) is 70.7 Å². The van der Waals surface area contributed by atoms with E-state index in [0.717, 1.165) is 17.0 Å². The summed E-state index contributed by atoms with van der Waals surface area (Å²) in [5.74, 6) is 0.338. The first kappa shape index (κ1) is 28.0. The number of halogens is 2. The quantitative estimate of drug-likeness (QED) is 0.484. The van der Waals surface area contributed by atoms with E-state index in [9.17, 15) is 9.59 Å². The molecule has 1 saturated heterocycles. The molecule has 1 heterocycles. The van der Waals surface area contributed by atoms with E-state index in [1.807, 2.05) is 47.4 Å². The fourth-order valence-corrected chi connectivity index (χ4v) is 4.63. The van der Waals surface area contributed by atoms with Crippen LogP contribution in [0.3, 0.4) is 0 Å². The number of hydrogen-bond donors (Lipinski definition) is 2. The highest BCUT2D eigenvalue weighted by molar-refractivity contribution is 6.30. The van der Waals surface area contributed by atoms with Crippen LogP contribution in [-0.4, -0.2) is 42.6 Å². The van der Waals surface area contributed by atoms with Crippen LogP contribution < -0.4 is 11.1 Å². The Labute approximate surface area is 213 Å². The number of piperidine rings is 1. The molecule has 0 spiro atoms. The van der Waals surface area contributed by atoms with Crippen molar-refractivity contribution in [2.45, 2.75) is 51.7 Å². The van der Waals surface area contributed by atoms with Gasteiger partial charge in [0.2, 0.25) is 5.91 Å². The molecule has 2 atom stereocenters. The number of hydrogen-bond acceptors (Lipinski definition) is 4. The number of benzene rings is 2. The third kappa shape index (κ3) is 7.90. The minimum atomic E-state index is -0.574. The van der Waals surface area contributed by atoms with Crippen LogP contribution in [0, 0.1) is 5.41 Å². The predicted molar refractivity (Wildman–Crippen MR) is 138 cm³/mol. The number of alkyl carbamates (subject to hydrolysis) is 1. The lowest BCUT2D eigenvalue weighted by Gasteiger charge is -2.45.